The number of ketones is 3. The summed E-state index contributed by atoms with van der Waals surface area (Å²) >= 11 is 0. The maximum atomic E-state index is 14.7. The Morgan fingerprint density at radius 2 is 1.65 bits per heavy atom. The van der Waals surface area contributed by atoms with Crippen molar-refractivity contribution in [2.45, 2.75) is 99.0 Å². The Bertz CT molecular complexity index is 1940. The molecule has 0 amide bonds. The molecule has 0 aromatic heterocycles. The van der Waals surface area contributed by atoms with E-state index < -0.39 is 56.8 Å². The Balaban J connectivity index is 1.45. The van der Waals surface area contributed by atoms with Crippen LogP contribution >= 0.6 is 0 Å². The molecule has 0 aliphatic heterocycles. The SMILES string of the molecule is CC(=O)C1=C(O)[C@]2(O)C(=O)C3=C(O)c4c(O)c(CCC5=CC(c6ccc(C)cc6)=CC5)cc(C(C)C)c4C[C@]3(C)C[C@]2(C)C(C(C)C)C1=O. The lowest BCUT2D eigenvalue weighted by atomic mass is 9.43. The van der Waals surface area contributed by atoms with Gasteiger partial charge in [0.2, 0.25) is 5.78 Å². The highest BCUT2D eigenvalue weighted by Gasteiger charge is 2.72. The third-order valence-corrected chi connectivity index (χ3v) is 11.8. The van der Waals surface area contributed by atoms with Crippen molar-refractivity contribution in [3.8, 4) is 5.75 Å². The number of aliphatic hydroxyl groups is 3. The summed E-state index contributed by atoms with van der Waals surface area (Å²) in [5.74, 6) is -5.02. The van der Waals surface area contributed by atoms with Gasteiger partial charge in [0, 0.05) is 22.3 Å². The third kappa shape index (κ3) is 4.99. The Kier molecular flexibility index (Phi) is 8.26. The minimum atomic E-state index is -2.62. The van der Waals surface area contributed by atoms with E-state index in [-0.39, 0.29) is 41.6 Å². The summed E-state index contributed by atoms with van der Waals surface area (Å²) in [6.45, 7) is 14.4. The first-order chi connectivity index (χ1) is 22.9. The van der Waals surface area contributed by atoms with Crippen molar-refractivity contribution in [2.75, 3.05) is 0 Å². The molecule has 4 N–H and O–H groups in total. The summed E-state index contributed by atoms with van der Waals surface area (Å²) in [6.07, 6.45) is 6.78. The summed E-state index contributed by atoms with van der Waals surface area (Å²) in [5.41, 5.74) is 1.47. The van der Waals surface area contributed by atoms with E-state index in [0.29, 0.717) is 18.4 Å². The van der Waals surface area contributed by atoms with Gasteiger partial charge in [-0.05, 0) is 85.6 Å². The predicted octanol–water partition coefficient (Wildman–Crippen LogP) is 7.97. The molecular formula is C42H48O7. The fourth-order valence-corrected chi connectivity index (χ4v) is 9.57. The molecule has 0 radical (unpaired) electrons. The Morgan fingerprint density at radius 3 is 2.24 bits per heavy atom. The molecule has 4 aliphatic carbocycles. The fraction of sp³-hybridized carbons (Fsp3) is 0.452. The van der Waals surface area contributed by atoms with Gasteiger partial charge < -0.3 is 20.4 Å². The van der Waals surface area contributed by atoms with Gasteiger partial charge in [-0.2, -0.15) is 0 Å². The number of Topliss-reactive ketones (excluding diaryl/α,β-unsaturated/α-hetero) is 3. The molecular weight excluding hydrogens is 616 g/mol. The highest BCUT2D eigenvalue weighted by molar-refractivity contribution is 6.24. The van der Waals surface area contributed by atoms with Crippen LogP contribution in [0.3, 0.4) is 0 Å². The number of hydrogen-bond donors (Lipinski definition) is 4. The average Bonchev–Trinajstić information content (AvgIpc) is 3.47. The number of carbonyl (C=O) groups excluding carboxylic acids is 3. The molecule has 6 rings (SSSR count). The van der Waals surface area contributed by atoms with Crippen LogP contribution in [0, 0.1) is 29.6 Å². The quantitative estimate of drug-likeness (QED) is 0.221. The van der Waals surface area contributed by atoms with E-state index >= 15 is 0 Å². The number of rotatable bonds is 7. The highest BCUT2D eigenvalue weighted by Crippen LogP contribution is 2.65. The van der Waals surface area contributed by atoms with Gasteiger partial charge in [0.25, 0.3) is 0 Å². The second kappa shape index (κ2) is 11.7. The minimum Gasteiger partial charge on any atom is -0.508 e. The van der Waals surface area contributed by atoms with Crippen molar-refractivity contribution in [2.24, 2.45) is 22.7 Å². The van der Waals surface area contributed by atoms with Crippen LogP contribution in [0.2, 0.25) is 0 Å². The summed E-state index contributed by atoms with van der Waals surface area (Å²) < 4.78 is 0. The molecule has 1 fully saturated rings. The van der Waals surface area contributed by atoms with Crippen LogP contribution in [-0.4, -0.2) is 43.4 Å². The molecule has 1 unspecified atom stereocenters. The standard InChI is InChI=1S/C42H48O7/c1-21(2)29-18-28(16-12-25-11-15-27(17-25)26-13-9-23(5)10-14-26)35(44)32-30(29)19-40(7)20-41(8)33(22(3)4)36(45)31(24(6)43)38(47)42(41,49)39(48)34(40)37(32)46/h9-10,13-15,17-18,21-22,33,44,46-47,49H,11-12,16,19-20H2,1-8H3/t33?,40-,41-,42+/m1/s1. The predicted molar refractivity (Wildman–Crippen MR) is 190 cm³/mol. The first-order valence-electron chi connectivity index (χ1n) is 17.4. The first-order valence-corrected chi connectivity index (χ1v) is 17.4. The van der Waals surface area contributed by atoms with E-state index in [0.717, 1.165) is 30.0 Å². The molecule has 2 aromatic rings. The lowest BCUT2D eigenvalue weighted by molar-refractivity contribution is -0.178. The van der Waals surface area contributed by atoms with Gasteiger partial charge in [0.05, 0.1) is 5.56 Å². The van der Waals surface area contributed by atoms with Gasteiger partial charge in [-0.1, -0.05) is 95.2 Å². The molecule has 0 heterocycles. The molecule has 4 atom stereocenters. The number of benzene rings is 2. The number of phenolic OH excluding ortho intramolecular Hbond substituents is 1. The van der Waals surface area contributed by atoms with Gasteiger partial charge in [-0.3, -0.25) is 14.4 Å². The minimum absolute atomic E-state index is 0.0307. The second-order valence-electron chi connectivity index (χ2n) is 16.0. The molecule has 0 saturated heterocycles. The van der Waals surface area contributed by atoms with Crippen molar-refractivity contribution in [1.82, 2.24) is 0 Å². The van der Waals surface area contributed by atoms with Crippen LogP contribution in [0.5, 0.6) is 5.75 Å². The van der Waals surface area contributed by atoms with E-state index in [1.54, 1.807) is 20.8 Å². The first kappa shape index (κ1) is 34.6. The Labute approximate surface area is 288 Å². The van der Waals surface area contributed by atoms with E-state index in [4.69, 9.17) is 0 Å². The molecule has 7 heteroatoms. The third-order valence-electron chi connectivity index (χ3n) is 11.8. The maximum Gasteiger partial charge on any atom is 0.203 e. The average molecular weight is 665 g/mol. The normalized spacial score (nSPS) is 28.1. The second-order valence-corrected chi connectivity index (χ2v) is 16.0. The van der Waals surface area contributed by atoms with Crippen molar-refractivity contribution in [3.63, 3.8) is 0 Å². The molecule has 1 saturated carbocycles. The molecule has 0 bridgehead atoms. The maximum absolute atomic E-state index is 14.7. The van der Waals surface area contributed by atoms with Crippen LogP contribution in [0.15, 0.2) is 65.0 Å². The summed E-state index contributed by atoms with van der Waals surface area (Å²) in [6, 6.07) is 10.4. The number of aliphatic hydroxyl groups excluding tert-OH is 2. The summed E-state index contributed by atoms with van der Waals surface area (Å²) in [4.78, 5) is 41.1. The van der Waals surface area contributed by atoms with E-state index in [9.17, 15) is 34.8 Å². The van der Waals surface area contributed by atoms with Crippen LogP contribution in [0.4, 0.5) is 0 Å². The van der Waals surface area contributed by atoms with E-state index in [1.807, 2.05) is 13.0 Å². The van der Waals surface area contributed by atoms with E-state index in [2.05, 4.69) is 57.2 Å². The van der Waals surface area contributed by atoms with Crippen LogP contribution < -0.4 is 0 Å². The zero-order valence-corrected chi connectivity index (χ0v) is 29.8. The van der Waals surface area contributed by atoms with Crippen molar-refractivity contribution >= 4 is 28.7 Å². The molecule has 4 aliphatic rings. The number of hydrogen-bond acceptors (Lipinski definition) is 7. The molecule has 2 aromatic carbocycles. The van der Waals surface area contributed by atoms with Crippen molar-refractivity contribution < 1.29 is 34.8 Å². The van der Waals surface area contributed by atoms with Crippen LogP contribution in [0.25, 0.3) is 11.3 Å². The van der Waals surface area contributed by atoms with E-state index in [1.165, 1.54) is 16.7 Å². The smallest absolute Gasteiger partial charge is 0.203 e. The number of allylic oxidation sites excluding steroid dienone is 5. The number of phenols is 1. The lowest BCUT2D eigenvalue weighted by Crippen LogP contribution is -2.69. The number of aryl methyl sites for hydroxylation is 2. The van der Waals surface area contributed by atoms with Crippen molar-refractivity contribution in [3.05, 3.63) is 98.3 Å². The molecule has 49 heavy (non-hydrogen) atoms. The van der Waals surface area contributed by atoms with Gasteiger partial charge in [-0.25, -0.2) is 0 Å². The highest BCUT2D eigenvalue weighted by atomic mass is 16.3. The summed E-state index contributed by atoms with van der Waals surface area (Å²) in [7, 11) is 0. The molecule has 258 valence electrons. The van der Waals surface area contributed by atoms with Gasteiger partial charge in [0.1, 0.15) is 22.8 Å². The van der Waals surface area contributed by atoms with Gasteiger partial charge in [0.15, 0.2) is 17.2 Å². The number of carbonyl (C=O) groups is 3. The zero-order chi connectivity index (χ0) is 36.0. The van der Waals surface area contributed by atoms with Crippen LogP contribution in [-0.2, 0) is 27.2 Å². The number of fused-ring (bicyclic) bond motifs is 3. The largest absolute Gasteiger partial charge is 0.508 e. The Morgan fingerprint density at radius 1 is 1.00 bits per heavy atom. The molecule has 7 nitrogen and oxygen atoms in total. The van der Waals surface area contributed by atoms with Gasteiger partial charge >= 0.3 is 0 Å². The number of aromatic hydroxyl groups is 1. The lowest BCUT2D eigenvalue weighted by Gasteiger charge is -2.60. The topological polar surface area (TPSA) is 132 Å². The Hall–Kier alpha value is -4.23. The molecule has 0 spiro atoms. The summed E-state index contributed by atoms with van der Waals surface area (Å²) in [5, 5.41) is 47.7. The van der Waals surface area contributed by atoms with Crippen molar-refractivity contribution in [1.29, 1.82) is 0 Å². The monoisotopic (exact) mass is 664 g/mol. The van der Waals surface area contributed by atoms with Gasteiger partial charge in [-0.15, -0.1) is 0 Å². The zero-order valence-electron chi connectivity index (χ0n) is 29.8. The fourth-order valence-electron chi connectivity index (χ4n) is 9.57. The van der Waals surface area contributed by atoms with Crippen LogP contribution in [0.1, 0.15) is 107 Å².